The lowest BCUT2D eigenvalue weighted by atomic mass is 9.98. The molecule has 1 aliphatic heterocycles. The van der Waals surface area contributed by atoms with Crippen molar-refractivity contribution in [1.29, 1.82) is 0 Å². The molecule has 1 saturated heterocycles. The Balaban J connectivity index is 1.55. The molecule has 1 heterocycles. The van der Waals surface area contributed by atoms with Crippen LogP contribution in [0.4, 0.5) is 0 Å². The van der Waals surface area contributed by atoms with Gasteiger partial charge in [0.15, 0.2) is 11.5 Å². The lowest BCUT2D eigenvalue weighted by molar-refractivity contribution is -0.121. The van der Waals surface area contributed by atoms with Gasteiger partial charge in [-0.2, -0.15) is 0 Å². The molecule has 0 aliphatic carbocycles. The average Bonchev–Trinajstić information content (AvgIpc) is 3.05. The molecule has 0 N–H and O–H groups in total. The number of carbonyl (C=O) groups excluding carboxylic acids is 1. The molecule has 170 valence electrons. The van der Waals surface area contributed by atoms with Gasteiger partial charge >= 0.3 is 0 Å². The molecular weight excluding hydrogens is 442 g/mol. The fourth-order valence-corrected chi connectivity index (χ4v) is 4.43. The Morgan fingerprint density at radius 3 is 2.47 bits per heavy atom. The quantitative estimate of drug-likeness (QED) is 0.245. The van der Waals surface area contributed by atoms with Crippen molar-refractivity contribution in [2.24, 2.45) is 0 Å². The van der Waals surface area contributed by atoms with E-state index in [1.54, 1.807) is 14.2 Å². The summed E-state index contributed by atoms with van der Waals surface area (Å²) in [5.41, 5.74) is 2.10. The van der Waals surface area contributed by atoms with Gasteiger partial charge in [-0.1, -0.05) is 62.1 Å². The van der Waals surface area contributed by atoms with E-state index in [4.69, 9.17) is 26.4 Å². The lowest BCUT2D eigenvalue weighted by Crippen LogP contribution is -2.22. The summed E-state index contributed by atoms with van der Waals surface area (Å²) in [7, 11) is 3.29. The predicted octanol–water partition coefficient (Wildman–Crippen LogP) is 5.89. The molecule has 3 rings (SSSR count). The van der Waals surface area contributed by atoms with Crippen molar-refractivity contribution in [3.8, 4) is 17.2 Å². The van der Waals surface area contributed by atoms with Crippen LogP contribution in [0.15, 0.2) is 47.4 Å². The molecule has 2 aromatic carbocycles. The van der Waals surface area contributed by atoms with Crippen LogP contribution in [-0.2, 0) is 4.79 Å². The van der Waals surface area contributed by atoms with Crippen LogP contribution in [0, 0.1) is 0 Å². The summed E-state index contributed by atoms with van der Waals surface area (Å²) in [5.74, 6) is 2.60. The number of hydrogen-bond donors (Lipinski definition) is 0. The van der Waals surface area contributed by atoms with E-state index in [0.717, 1.165) is 24.2 Å². The van der Waals surface area contributed by atoms with E-state index in [9.17, 15) is 4.79 Å². The minimum absolute atomic E-state index is 0.0887. The van der Waals surface area contributed by atoms with Gasteiger partial charge in [0, 0.05) is 13.5 Å². The molecule has 7 heteroatoms. The summed E-state index contributed by atoms with van der Waals surface area (Å²) < 4.78 is 18.0. The zero-order chi connectivity index (χ0) is 23.1. The number of para-hydroxylation sites is 1. The van der Waals surface area contributed by atoms with Crippen LogP contribution in [0.1, 0.15) is 43.7 Å². The maximum Gasteiger partial charge on any atom is 0.265 e. The van der Waals surface area contributed by atoms with Gasteiger partial charge in [-0.15, -0.1) is 0 Å². The third-order valence-corrected chi connectivity index (χ3v) is 6.82. The average molecular weight is 472 g/mol. The van der Waals surface area contributed by atoms with Crippen LogP contribution >= 0.6 is 24.0 Å². The second-order valence-corrected chi connectivity index (χ2v) is 9.22. The van der Waals surface area contributed by atoms with Gasteiger partial charge in [0.05, 0.1) is 25.2 Å². The van der Waals surface area contributed by atoms with E-state index in [-0.39, 0.29) is 5.91 Å². The van der Waals surface area contributed by atoms with Gasteiger partial charge in [-0.25, -0.2) is 0 Å². The number of carbonyl (C=O) groups is 1. The molecular formula is C25H29NO4S2. The van der Waals surface area contributed by atoms with Crippen molar-refractivity contribution in [3.05, 3.63) is 58.5 Å². The van der Waals surface area contributed by atoms with E-state index in [2.05, 4.69) is 26.0 Å². The first kappa shape index (κ1) is 24.1. The summed E-state index contributed by atoms with van der Waals surface area (Å²) in [6.45, 7) is 5.48. The Morgan fingerprint density at radius 1 is 1.09 bits per heavy atom. The van der Waals surface area contributed by atoms with E-state index in [1.807, 2.05) is 36.4 Å². The van der Waals surface area contributed by atoms with E-state index >= 15 is 0 Å². The molecule has 0 bridgehead atoms. The zero-order valence-electron chi connectivity index (χ0n) is 18.9. The lowest BCUT2D eigenvalue weighted by Gasteiger charge is -2.16. The molecule has 0 saturated carbocycles. The Morgan fingerprint density at radius 2 is 1.81 bits per heavy atom. The van der Waals surface area contributed by atoms with Crippen molar-refractivity contribution in [3.63, 3.8) is 0 Å². The molecule has 2 aromatic rings. The fraction of sp³-hybridized carbons (Fsp3) is 0.360. The Hall–Kier alpha value is -2.51. The van der Waals surface area contributed by atoms with Crippen LogP contribution in [0.2, 0.25) is 0 Å². The number of rotatable bonds is 10. The number of likely N-dealkylation sites (N-methyl/N-ethyl adjacent to an activating group) is 1. The molecule has 1 aliphatic rings. The first-order valence-electron chi connectivity index (χ1n) is 10.7. The molecule has 1 fully saturated rings. The largest absolute Gasteiger partial charge is 0.493 e. The number of hydrogen-bond acceptors (Lipinski definition) is 6. The second kappa shape index (κ2) is 11.4. The minimum Gasteiger partial charge on any atom is -0.493 e. The van der Waals surface area contributed by atoms with Gasteiger partial charge in [0.1, 0.15) is 10.1 Å². The maximum atomic E-state index is 12.2. The van der Waals surface area contributed by atoms with Crippen LogP contribution in [0.25, 0.3) is 6.08 Å². The SMILES string of the molecule is CCC(C)c1ccccc1OCCCOc1ccc(C=C2SC(=S)N(C)C2=O)cc1OC. The minimum atomic E-state index is -0.0887. The molecule has 0 spiro atoms. The third kappa shape index (κ3) is 5.84. The summed E-state index contributed by atoms with van der Waals surface area (Å²) in [5, 5.41) is 0. The molecule has 0 aromatic heterocycles. The topological polar surface area (TPSA) is 48.0 Å². The van der Waals surface area contributed by atoms with Crippen molar-refractivity contribution < 1.29 is 19.0 Å². The highest BCUT2D eigenvalue weighted by molar-refractivity contribution is 8.26. The summed E-state index contributed by atoms with van der Waals surface area (Å²) >= 11 is 6.48. The third-order valence-electron chi connectivity index (χ3n) is 5.34. The van der Waals surface area contributed by atoms with Crippen molar-refractivity contribution in [2.45, 2.75) is 32.6 Å². The maximum absolute atomic E-state index is 12.2. The highest BCUT2D eigenvalue weighted by Gasteiger charge is 2.28. The van der Waals surface area contributed by atoms with Crippen LogP contribution in [-0.4, -0.2) is 42.5 Å². The van der Waals surface area contributed by atoms with Crippen molar-refractivity contribution >= 4 is 40.3 Å². The monoisotopic (exact) mass is 471 g/mol. The number of thioether (sulfide) groups is 1. The summed E-state index contributed by atoms with van der Waals surface area (Å²) in [4.78, 5) is 14.3. The fourth-order valence-electron chi connectivity index (χ4n) is 3.25. The summed E-state index contributed by atoms with van der Waals surface area (Å²) in [6.07, 6.45) is 3.64. The van der Waals surface area contributed by atoms with Gasteiger partial charge < -0.3 is 14.2 Å². The molecule has 1 unspecified atom stereocenters. The standard InChI is InChI=1S/C25H29NO4S2/c1-5-17(2)19-9-6-7-10-20(19)29-13-8-14-30-21-12-11-18(15-22(21)28-4)16-23-24(27)26(3)25(31)32-23/h6-7,9-12,15-17H,5,8,13-14H2,1-4H3. The number of nitrogens with zero attached hydrogens (tertiary/aromatic N) is 1. The molecule has 5 nitrogen and oxygen atoms in total. The van der Waals surface area contributed by atoms with E-state index in [0.29, 0.717) is 39.9 Å². The van der Waals surface area contributed by atoms with Gasteiger partial charge in [0.2, 0.25) is 0 Å². The van der Waals surface area contributed by atoms with Gasteiger partial charge in [-0.3, -0.25) is 9.69 Å². The zero-order valence-corrected chi connectivity index (χ0v) is 20.6. The van der Waals surface area contributed by atoms with Crippen molar-refractivity contribution in [2.75, 3.05) is 27.4 Å². The molecule has 1 atom stereocenters. The first-order chi connectivity index (χ1) is 15.4. The van der Waals surface area contributed by atoms with E-state index < -0.39 is 0 Å². The highest BCUT2D eigenvalue weighted by Crippen LogP contribution is 2.34. The first-order valence-corrected chi connectivity index (χ1v) is 11.9. The molecule has 32 heavy (non-hydrogen) atoms. The summed E-state index contributed by atoms with van der Waals surface area (Å²) in [6, 6.07) is 13.8. The predicted molar refractivity (Wildman–Crippen MR) is 135 cm³/mol. The molecule has 0 radical (unpaired) electrons. The number of thiocarbonyl (C=S) groups is 1. The Labute approximate surface area is 199 Å². The van der Waals surface area contributed by atoms with Gasteiger partial charge in [-0.05, 0) is 47.7 Å². The highest BCUT2D eigenvalue weighted by atomic mass is 32.2. The van der Waals surface area contributed by atoms with Gasteiger partial charge in [0.25, 0.3) is 5.91 Å². The number of benzene rings is 2. The smallest absolute Gasteiger partial charge is 0.265 e. The number of methoxy groups -OCH3 is 1. The Bertz CT molecular complexity index is 1010. The van der Waals surface area contributed by atoms with Crippen molar-refractivity contribution in [1.82, 2.24) is 4.90 Å². The van der Waals surface area contributed by atoms with Crippen LogP contribution < -0.4 is 14.2 Å². The van der Waals surface area contributed by atoms with E-state index in [1.165, 1.54) is 22.2 Å². The van der Waals surface area contributed by atoms with Crippen LogP contribution in [0.5, 0.6) is 17.2 Å². The number of amides is 1. The normalized spacial score (nSPS) is 15.9. The second-order valence-electron chi connectivity index (χ2n) is 7.55. The Kier molecular flexibility index (Phi) is 8.59. The van der Waals surface area contributed by atoms with Crippen LogP contribution in [0.3, 0.4) is 0 Å². The number of ether oxygens (including phenoxy) is 3. The molecule has 1 amide bonds.